The fraction of sp³-hybridized carbons (Fsp3) is 1.00. The molecule has 1 atom stereocenters. The summed E-state index contributed by atoms with van der Waals surface area (Å²) in [4.78, 5) is 0. The summed E-state index contributed by atoms with van der Waals surface area (Å²) in [5.41, 5.74) is 0. The smallest absolute Gasteiger partial charge is 0.0588 e. The summed E-state index contributed by atoms with van der Waals surface area (Å²) in [5, 5.41) is 3.48. The minimum absolute atomic E-state index is 0.550. The van der Waals surface area contributed by atoms with Crippen LogP contribution in [0.3, 0.4) is 0 Å². The minimum atomic E-state index is 0.550. The van der Waals surface area contributed by atoms with E-state index in [0.29, 0.717) is 6.10 Å². The van der Waals surface area contributed by atoms with E-state index in [1.165, 1.54) is 44.4 Å². The van der Waals surface area contributed by atoms with Gasteiger partial charge in [0.15, 0.2) is 0 Å². The maximum atomic E-state index is 5.55. The number of hydrogen-bond donors (Lipinski definition) is 1. The molecule has 1 saturated heterocycles. The van der Waals surface area contributed by atoms with Crippen LogP contribution in [0.15, 0.2) is 0 Å². The largest absolute Gasteiger partial charge is 0.378 e. The standard InChI is InChI=1S/C11H23NOS/c1-14-10-3-2-7-12-8-6-11-5-4-9-13-11/h11-12H,2-10H2,1H3. The molecule has 0 saturated carbocycles. The molecule has 14 heavy (non-hydrogen) atoms. The van der Waals surface area contributed by atoms with Crippen LogP contribution in [0.2, 0.25) is 0 Å². The molecule has 0 aromatic carbocycles. The zero-order chi connectivity index (χ0) is 10.1. The van der Waals surface area contributed by atoms with E-state index in [1.807, 2.05) is 11.8 Å². The lowest BCUT2D eigenvalue weighted by Gasteiger charge is -2.09. The Morgan fingerprint density at radius 1 is 1.36 bits per heavy atom. The number of nitrogens with one attached hydrogen (secondary N) is 1. The normalized spacial score (nSPS) is 21.6. The van der Waals surface area contributed by atoms with Gasteiger partial charge in [-0.05, 0) is 57.2 Å². The summed E-state index contributed by atoms with van der Waals surface area (Å²) in [6.45, 7) is 3.29. The van der Waals surface area contributed by atoms with Crippen LogP contribution in [0, 0.1) is 0 Å². The van der Waals surface area contributed by atoms with Gasteiger partial charge in [0.1, 0.15) is 0 Å². The van der Waals surface area contributed by atoms with E-state index < -0.39 is 0 Å². The maximum absolute atomic E-state index is 5.55. The Hall–Kier alpha value is 0.270. The first-order valence-electron chi connectivity index (χ1n) is 5.74. The molecule has 0 bridgehead atoms. The first kappa shape index (κ1) is 12.3. The molecule has 0 radical (unpaired) electrons. The number of rotatable bonds is 8. The molecule has 0 aliphatic carbocycles. The van der Waals surface area contributed by atoms with Crippen LogP contribution < -0.4 is 5.32 Å². The molecule has 1 N–H and O–H groups in total. The van der Waals surface area contributed by atoms with Crippen LogP contribution >= 0.6 is 11.8 Å². The third kappa shape index (κ3) is 5.89. The molecule has 0 amide bonds. The van der Waals surface area contributed by atoms with Gasteiger partial charge in [-0.25, -0.2) is 0 Å². The highest BCUT2D eigenvalue weighted by molar-refractivity contribution is 7.98. The van der Waals surface area contributed by atoms with E-state index in [1.54, 1.807) is 0 Å². The molecular weight excluding hydrogens is 194 g/mol. The molecule has 1 fully saturated rings. The minimum Gasteiger partial charge on any atom is -0.378 e. The molecule has 84 valence electrons. The molecule has 1 aliphatic heterocycles. The van der Waals surface area contributed by atoms with E-state index in [2.05, 4.69) is 11.6 Å². The second kappa shape index (κ2) is 8.57. The van der Waals surface area contributed by atoms with Crippen LogP contribution in [0.1, 0.15) is 32.1 Å². The van der Waals surface area contributed by atoms with Crippen LogP contribution in [-0.2, 0) is 4.74 Å². The third-order valence-corrected chi connectivity index (χ3v) is 3.32. The zero-order valence-electron chi connectivity index (χ0n) is 9.26. The average molecular weight is 217 g/mol. The van der Waals surface area contributed by atoms with Crippen molar-refractivity contribution in [1.82, 2.24) is 5.32 Å². The highest BCUT2D eigenvalue weighted by Crippen LogP contribution is 2.14. The molecular formula is C11H23NOS. The first-order chi connectivity index (χ1) is 6.93. The lowest BCUT2D eigenvalue weighted by atomic mass is 10.2. The Balaban J connectivity index is 1.75. The van der Waals surface area contributed by atoms with Crippen LogP contribution in [0.5, 0.6) is 0 Å². The molecule has 0 aromatic rings. The average Bonchev–Trinajstić information content (AvgIpc) is 2.69. The Kier molecular flexibility index (Phi) is 7.55. The SMILES string of the molecule is CSCCCCNCCC1CCCO1. The van der Waals surface area contributed by atoms with Crippen LogP contribution in [0.4, 0.5) is 0 Å². The van der Waals surface area contributed by atoms with Crippen molar-refractivity contribution in [3.63, 3.8) is 0 Å². The van der Waals surface area contributed by atoms with Crippen LogP contribution in [-0.4, -0.2) is 37.8 Å². The van der Waals surface area contributed by atoms with E-state index in [0.717, 1.165) is 13.2 Å². The number of thioether (sulfide) groups is 1. The predicted octanol–water partition coefficient (Wildman–Crippen LogP) is 2.29. The van der Waals surface area contributed by atoms with E-state index in [9.17, 15) is 0 Å². The molecule has 1 unspecified atom stereocenters. The first-order valence-corrected chi connectivity index (χ1v) is 7.14. The van der Waals surface area contributed by atoms with Gasteiger partial charge in [0.25, 0.3) is 0 Å². The topological polar surface area (TPSA) is 21.3 Å². The lowest BCUT2D eigenvalue weighted by Crippen LogP contribution is -2.21. The number of unbranched alkanes of at least 4 members (excludes halogenated alkanes) is 1. The maximum Gasteiger partial charge on any atom is 0.0588 e. The molecule has 0 spiro atoms. The van der Waals surface area contributed by atoms with Gasteiger partial charge >= 0.3 is 0 Å². The Morgan fingerprint density at radius 2 is 2.29 bits per heavy atom. The second-order valence-electron chi connectivity index (χ2n) is 3.87. The fourth-order valence-corrected chi connectivity index (χ4v) is 2.25. The summed E-state index contributed by atoms with van der Waals surface area (Å²) >= 11 is 1.94. The van der Waals surface area contributed by atoms with Crippen molar-refractivity contribution in [2.45, 2.75) is 38.2 Å². The van der Waals surface area contributed by atoms with Gasteiger partial charge in [-0.1, -0.05) is 0 Å². The van der Waals surface area contributed by atoms with Crippen molar-refractivity contribution in [2.75, 3.05) is 31.7 Å². The summed E-state index contributed by atoms with van der Waals surface area (Å²) in [7, 11) is 0. The summed E-state index contributed by atoms with van der Waals surface area (Å²) in [5.74, 6) is 1.30. The number of ether oxygens (including phenoxy) is 1. The van der Waals surface area contributed by atoms with Gasteiger partial charge in [-0.3, -0.25) is 0 Å². The van der Waals surface area contributed by atoms with Gasteiger partial charge < -0.3 is 10.1 Å². The van der Waals surface area contributed by atoms with E-state index in [-0.39, 0.29) is 0 Å². The van der Waals surface area contributed by atoms with Gasteiger partial charge in [-0.2, -0.15) is 11.8 Å². The highest BCUT2D eigenvalue weighted by atomic mass is 32.2. The van der Waals surface area contributed by atoms with Gasteiger partial charge in [0.2, 0.25) is 0 Å². The fourth-order valence-electron chi connectivity index (χ4n) is 1.76. The molecule has 0 aromatic heterocycles. The number of hydrogen-bond acceptors (Lipinski definition) is 3. The lowest BCUT2D eigenvalue weighted by molar-refractivity contribution is 0.104. The Morgan fingerprint density at radius 3 is 3.00 bits per heavy atom. The van der Waals surface area contributed by atoms with Crippen molar-refractivity contribution in [3.8, 4) is 0 Å². The van der Waals surface area contributed by atoms with E-state index in [4.69, 9.17) is 4.74 Å². The Bertz CT molecular complexity index is 126. The van der Waals surface area contributed by atoms with Crippen molar-refractivity contribution < 1.29 is 4.74 Å². The molecule has 1 rings (SSSR count). The molecule has 3 heteroatoms. The quantitative estimate of drug-likeness (QED) is 0.630. The highest BCUT2D eigenvalue weighted by Gasteiger charge is 2.13. The predicted molar refractivity (Wildman–Crippen MR) is 64.1 cm³/mol. The molecule has 1 aliphatic rings. The monoisotopic (exact) mass is 217 g/mol. The Labute approximate surface area is 92.2 Å². The summed E-state index contributed by atoms with van der Waals surface area (Å²) < 4.78 is 5.55. The molecule has 1 heterocycles. The van der Waals surface area contributed by atoms with E-state index >= 15 is 0 Å². The van der Waals surface area contributed by atoms with Gasteiger partial charge in [0, 0.05) is 6.61 Å². The zero-order valence-corrected chi connectivity index (χ0v) is 10.1. The van der Waals surface area contributed by atoms with Crippen molar-refractivity contribution in [3.05, 3.63) is 0 Å². The summed E-state index contributed by atoms with van der Waals surface area (Å²) in [6, 6.07) is 0. The third-order valence-electron chi connectivity index (χ3n) is 2.62. The van der Waals surface area contributed by atoms with Gasteiger partial charge in [-0.15, -0.1) is 0 Å². The summed E-state index contributed by atoms with van der Waals surface area (Å²) in [6.07, 6.45) is 9.11. The van der Waals surface area contributed by atoms with Crippen molar-refractivity contribution in [1.29, 1.82) is 0 Å². The molecule has 2 nitrogen and oxygen atoms in total. The van der Waals surface area contributed by atoms with Crippen molar-refractivity contribution in [2.24, 2.45) is 0 Å². The van der Waals surface area contributed by atoms with Crippen LogP contribution in [0.25, 0.3) is 0 Å². The van der Waals surface area contributed by atoms with Crippen molar-refractivity contribution >= 4 is 11.8 Å². The second-order valence-corrected chi connectivity index (χ2v) is 4.86. The van der Waals surface area contributed by atoms with Gasteiger partial charge in [0.05, 0.1) is 6.10 Å².